The van der Waals surface area contributed by atoms with E-state index in [1.165, 1.54) is 12.3 Å². The average Bonchev–Trinajstić information content (AvgIpc) is 2.84. The maximum Gasteiger partial charge on any atom is 0.416 e. The number of nitrogens with one attached hydrogen (secondary N) is 2. The Morgan fingerprint density at radius 2 is 1.82 bits per heavy atom. The Balaban J connectivity index is 1.60. The van der Waals surface area contributed by atoms with Crippen LogP contribution in [0.4, 0.5) is 18.9 Å². The predicted octanol–water partition coefficient (Wildman–Crippen LogP) is 7.07. The van der Waals surface area contributed by atoms with Crippen molar-refractivity contribution in [1.29, 1.82) is 0 Å². The first-order valence-electron chi connectivity index (χ1n) is 11.3. The number of halogens is 6. The van der Waals surface area contributed by atoms with Gasteiger partial charge < -0.3 is 14.8 Å². The average molecular weight is 694 g/mol. The lowest BCUT2D eigenvalue weighted by atomic mass is 10.2. The summed E-state index contributed by atoms with van der Waals surface area (Å²) in [6.07, 6.45) is -3.84. The van der Waals surface area contributed by atoms with Gasteiger partial charge in [0.2, 0.25) is 11.8 Å². The predicted molar refractivity (Wildman–Crippen MR) is 152 cm³/mol. The Labute approximate surface area is 245 Å². The normalized spacial score (nSPS) is 11.4. The van der Waals surface area contributed by atoms with E-state index in [0.717, 1.165) is 23.8 Å². The summed E-state index contributed by atoms with van der Waals surface area (Å²) in [6.45, 7) is 2.36. The van der Waals surface area contributed by atoms with Gasteiger partial charge in [-0.15, -0.1) is 0 Å². The maximum atomic E-state index is 12.8. The second-order valence-corrected chi connectivity index (χ2v) is 9.89. The molecule has 7 nitrogen and oxygen atoms in total. The van der Waals surface area contributed by atoms with Gasteiger partial charge in [-0.2, -0.15) is 18.3 Å². The first kappa shape index (κ1) is 30.5. The smallest absolute Gasteiger partial charge is 0.416 e. The van der Waals surface area contributed by atoms with Crippen molar-refractivity contribution in [3.05, 3.63) is 84.9 Å². The van der Waals surface area contributed by atoms with Crippen molar-refractivity contribution in [1.82, 2.24) is 5.43 Å². The third-order valence-corrected chi connectivity index (χ3v) is 6.30. The third kappa shape index (κ3) is 9.29. The van der Waals surface area contributed by atoms with Crippen LogP contribution in [0.5, 0.6) is 11.5 Å². The van der Waals surface area contributed by atoms with Crippen LogP contribution in [0.3, 0.4) is 0 Å². The fourth-order valence-electron chi connectivity index (χ4n) is 3.20. The lowest BCUT2D eigenvalue weighted by molar-refractivity contribution is -0.137. The van der Waals surface area contributed by atoms with Crippen molar-refractivity contribution in [2.75, 3.05) is 11.9 Å². The molecule has 0 unspecified atom stereocenters. The Morgan fingerprint density at radius 3 is 2.51 bits per heavy atom. The minimum absolute atomic E-state index is 0.0789. The zero-order chi connectivity index (χ0) is 28.6. The van der Waals surface area contributed by atoms with E-state index >= 15 is 0 Å². The topological polar surface area (TPSA) is 89.0 Å². The van der Waals surface area contributed by atoms with E-state index in [1.807, 2.05) is 6.92 Å². The molecule has 3 aromatic rings. The second kappa shape index (κ2) is 13.9. The van der Waals surface area contributed by atoms with Crippen LogP contribution >= 0.6 is 45.8 Å². The number of hydrogen-bond donors (Lipinski definition) is 2. The van der Waals surface area contributed by atoms with Crippen molar-refractivity contribution < 1.29 is 32.2 Å². The molecule has 0 atom stereocenters. The largest absolute Gasteiger partial charge is 0.490 e. The molecule has 0 spiro atoms. The van der Waals surface area contributed by atoms with Gasteiger partial charge in [-0.25, -0.2) is 5.43 Å². The highest BCUT2D eigenvalue weighted by Crippen LogP contribution is 2.35. The third-order valence-electron chi connectivity index (χ3n) is 4.92. The number of carbonyl (C=O) groups excluding carboxylic acids is 2. The lowest BCUT2D eigenvalue weighted by Crippen LogP contribution is -2.24. The fourth-order valence-corrected chi connectivity index (χ4v) is 4.44. The van der Waals surface area contributed by atoms with Gasteiger partial charge in [0.05, 0.1) is 22.0 Å². The molecule has 0 aliphatic rings. The highest BCUT2D eigenvalue weighted by atomic mass is 127. The molecule has 0 radical (unpaired) electrons. The van der Waals surface area contributed by atoms with Crippen LogP contribution in [0.15, 0.2) is 59.7 Å². The Bertz CT molecular complexity index is 1390. The molecule has 13 heteroatoms. The number of rotatable bonds is 10. The Morgan fingerprint density at radius 1 is 1.05 bits per heavy atom. The highest BCUT2D eigenvalue weighted by molar-refractivity contribution is 14.1. The van der Waals surface area contributed by atoms with E-state index in [2.05, 4.69) is 38.4 Å². The molecule has 0 saturated carbocycles. The molecule has 0 heterocycles. The summed E-state index contributed by atoms with van der Waals surface area (Å²) in [5.41, 5.74) is 2.54. The van der Waals surface area contributed by atoms with Crippen LogP contribution in [0.25, 0.3) is 0 Å². The van der Waals surface area contributed by atoms with Crippen molar-refractivity contribution in [3.63, 3.8) is 0 Å². The van der Waals surface area contributed by atoms with E-state index in [-0.39, 0.29) is 12.3 Å². The number of alkyl halides is 3. The van der Waals surface area contributed by atoms with Gasteiger partial charge >= 0.3 is 6.18 Å². The molecule has 2 amide bonds. The standard InChI is InChI=1S/C26H21Cl2F3IN3O4/c1-2-38-22-9-15(8-21(32)25(22)39-14-16-6-7-18(27)11-20(16)28)13-33-35-24(37)12-23(36)34-19-5-3-4-17(10-19)26(29,30)31/h3-11,13H,2,12,14H2,1H3,(H,34,36)(H,35,37). The van der Waals surface area contributed by atoms with Crippen molar-refractivity contribution >= 4 is 69.5 Å². The van der Waals surface area contributed by atoms with Gasteiger partial charge in [-0.3, -0.25) is 9.59 Å². The van der Waals surface area contributed by atoms with Gasteiger partial charge in [0.15, 0.2) is 11.5 Å². The Kier molecular flexibility index (Phi) is 10.8. The van der Waals surface area contributed by atoms with Crippen LogP contribution in [-0.2, 0) is 22.4 Å². The van der Waals surface area contributed by atoms with Crippen LogP contribution in [-0.4, -0.2) is 24.6 Å². The summed E-state index contributed by atoms with van der Waals surface area (Å²) in [5.74, 6) is -0.605. The van der Waals surface area contributed by atoms with Crippen molar-refractivity contribution in [2.24, 2.45) is 5.10 Å². The number of anilines is 1. The molecule has 2 N–H and O–H groups in total. The minimum atomic E-state index is -4.55. The molecule has 3 aromatic carbocycles. The molecule has 0 aliphatic heterocycles. The van der Waals surface area contributed by atoms with E-state index in [1.54, 1.807) is 30.3 Å². The minimum Gasteiger partial charge on any atom is -0.490 e. The second-order valence-electron chi connectivity index (χ2n) is 7.88. The van der Waals surface area contributed by atoms with Crippen LogP contribution < -0.4 is 20.2 Å². The molecule has 206 valence electrons. The first-order valence-corrected chi connectivity index (χ1v) is 13.1. The molecule has 39 heavy (non-hydrogen) atoms. The van der Waals surface area contributed by atoms with E-state index in [4.69, 9.17) is 32.7 Å². The first-order chi connectivity index (χ1) is 18.5. The van der Waals surface area contributed by atoms with Crippen LogP contribution in [0, 0.1) is 3.57 Å². The summed E-state index contributed by atoms with van der Waals surface area (Å²) >= 11 is 14.2. The zero-order valence-corrected chi connectivity index (χ0v) is 23.9. The maximum absolute atomic E-state index is 12.8. The molecule has 0 fully saturated rings. The number of hydrazone groups is 1. The Hall–Kier alpha value is -3.03. The van der Waals surface area contributed by atoms with Crippen molar-refractivity contribution in [3.8, 4) is 11.5 Å². The number of hydrogen-bond acceptors (Lipinski definition) is 5. The lowest BCUT2D eigenvalue weighted by Gasteiger charge is -2.15. The SMILES string of the molecule is CCOc1cc(C=NNC(=O)CC(=O)Nc2cccc(C(F)(F)F)c2)cc(I)c1OCc1ccc(Cl)cc1Cl. The van der Waals surface area contributed by atoms with Gasteiger partial charge in [-0.1, -0.05) is 35.3 Å². The summed E-state index contributed by atoms with van der Waals surface area (Å²) in [6, 6.07) is 12.6. The quantitative estimate of drug-likeness (QED) is 0.103. The molecule has 0 aliphatic carbocycles. The zero-order valence-electron chi connectivity index (χ0n) is 20.2. The number of nitrogens with zero attached hydrogens (tertiary/aromatic N) is 1. The molecular weight excluding hydrogens is 673 g/mol. The molecular formula is C26H21Cl2F3IN3O4. The van der Waals surface area contributed by atoms with Gasteiger partial charge in [0.1, 0.15) is 13.0 Å². The summed E-state index contributed by atoms with van der Waals surface area (Å²) in [4.78, 5) is 24.2. The summed E-state index contributed by atoms with van der Waals surface area (Å²) in [5, 5.41) is 7.10. The monoisotopic (exact) mass is 693 g/mol. The molecule has 3 rings (SSSR count). The van der Waals surface area contributed by atoms with E-state index in [9.17, 15) is 22.8 Å². The summed E-state index contributed by atoms with van der Waals surface area (Å²) < 4.78 is 50.9. The van der Waals surface area contributed by atoms with E-state index in [0.29, 0.717) is 37.3 Å². The summed E-state index contributed by atoms with van der Waals surface area (Å²) in [7, 11) is 0. The fraction of sp³-hybridized carbons (Fsp3) is 0.192. The van der Waals surface area contributed by atoms with Gasteiger partial charge in [0.25, 0.3) is 0 Å². The molecule has 0 aromatic heterocycles. The number of ether oxygens (including phenoxy) is 2. The van der Waals surface area contributed by atoms with E-state index < -0.39 is 30.0 Å². The van der Waals surface area contributed by atoms with Crippen LogP contribution in [0.2, 0.25) is 10.0 Å². The van der Waals surface area contributed by atoms with Gasteiger partial charge in [-0.05, 0) is 77.5 Å². The van der Waals surface area contributed by atoms with Crippen LogP contribution in [0.1, 0.15) is 30.0 Å². The number of benzene rings is 3. The molecule has 0 bridgehead atoms. The number of carbonyl (C=O) groups is 2. The van der Waals surface area contributed by atoms with Gasteiger partial charge in [0, 0.05) is 21.3 Å². The molecule has 0 saturated heterocycles. The highest BCUT2D eigenvalue weighted by Gasteiger charge is 2.30. The van der Waals surface area contributed by atoms with Crippen molar-refractivity contribution in [2.45, 2.75) is 26.1 Å². The number of amides is 2.